The van der Waals surface area contributed by atoms with E-state index in [1.54, 1.807) is 12.3 Å². The highest BCUT2D eigenvalue weighted by Gasteiger charge is 2.32. The van der Waals surface area contributed by atoms with Crippen molar-refractivity contribution in [2.24, 2.45) is 5.92 Å². The number of nitriles is 1. The first-order valence-corrected chi connectivity index (χ1v) is 8.62. The highest BCUT2D eigenvalue weighted by molar-refractivity contribution is 5.79. The molecule has 6 nitrogen and oxygen atoms in total. The lowest BCUT2D eigenvalue weighted by molar-refractivity contribution is -0.148. The molecule has 2 aliphatic rings. The number of nitrogens with zero attached hydrogens (tertiary/aromatic N) is 4. The molecule has 3 rings (SSSR count). The smallest absolute Gasteiger partial charge is 0.225 e. The van der Waals surface area contributed by atoms with Crippen molar-refractivity contribution in [3.8, 4) is 6.07 Å². The molecule has 1 amide bonds. The maximum absolute atomic E-state index is 12.8. The molecule has 2 atom stereocenters. The Labute approximate surface area is 143 Å². The summed E-state index contributed by atoms with van der Waals surface area (Å²) in [4.78, 5) is 21.3. The van der Waals surface area contributed by atoms with Crippen LogP contribution in [0, 0.1) is 17.2 Å². The molecule has 1 aromatic rings. The van der Waals surface area contributed by atoms with Crippen molar-refractivity contribution >= 4 is 11.7 Å². The Hall–Kier alpha value is -2.13. The van der Waals surface area contributed by atoms with Crippen LogP contribution < -0.4 is 4.90 Å². The number of hydrogen-bond acceptors (Lipinski definition) is 5. The molecule has 0 N–H and O–H groups in total. The number of pyridine rings is 1. The van der Waals surface area contributed by atoms with E-state index in [-0.39, 0.29) is 24.0 Å². The molecule has 2 aliphatic heterocycles. The van der Waals surface area contributed by atoms with Crippen LogP contribution >= 0.6 is 0 Å². The van der Waals surface area contributed by atoms with Crippen molar-refractivity contribution in [3.05, 3.63) is 23.9 Å². The fourth-order valence-electron chi connectivity index (χ4n) is 3.61. The number of rotatable bonds is 2. The van der Waals surface area contributed by atoms with Crippen molar-refractivity contribution in [1.82, 2.24) is 9.88 Å². The Morgan fingerprint density at radius 3 is 2.46 bits per heavy atom. The van der Waals surface area contributed by atoms with Gasteiger partial charge in [0.25, 0.3) is 0 Å². The molecule has 0 spiro atoms. The summed E-state index contributed by atoms with van der Waals surface area (Å²) in [6, 6.07) is 5.75. The van der Waals surface area contributed by atoms with Gasteiger partial charge in [-0.15, -0.1) is 0 Å². The Bertz CT molecular complexity index is 607. The third kappa shape index (κ3) is 3.68. The van der Waals surface area contributed by atoms with Gasteiger partial charge in [0.15, 0.2) is 0 Å². The fourth-order valence-corrected chi connectivity index (χ4v) is 3.61. The van der Waals surface area contributed by atoms with Gasteiger partial charge in [0.1, 0.15) is 11.9 Å². The summed E-state index contributed by atoms with van der Waals surface area (Å²) < 4.78 is 5.71. The number of ether oxygens (including phenoxy) is 1. The van der Waals surface area contributed by atoms with Crippen LogP contribution in [0.15, 0.2) is 18.3 Å². The second-order valence-electron chi connectivity index (χ2n) is 6.78. The lowest BCUT2D eigenvalue weighted by atomic mass is 9.94. The van der Waals surface area contributed by atoms with Crippen molar-refractivity contribution in [1.29, 1.82) is 5.26 Å². The van der Waals surface area contributed by atoms with E-state index in [2.05, 4.69) is 16.0 Å². The van der Waals surface area contributed by atoms with Crippen LogP contribution in [0.5, 0.6) is 0 Å². The third-order valence-corrected chi connectivity index (χ3v) is 4.78. The maximum Gasteiger partial charge on any atom is 0.225 e. The van der Waals surface area contributed by atoms with E-state index in [1.807, 2.05) is 24.8 Å². The number of carbonyl (C=O) groups is 1. The molecule has 0 saturated carbocycles. The van der Waals surface area contributed by atoms with Gasteiger partial charge in [0, 0.05) is 38.3 Å². The van der Waals surface area contributed by atoms with Crippen LogP contribution in [0.4, 0.5) is 5.82 Å². The van der Waals surface area contributed by atoms with E-state index in [0.29, 0.717) is 18.7 Å². The van der Waals surface area contributed by atoms with Crippen molar-refractivity contribution in [2.45, 2.75) is 38.9 Å². The Balaban J connectivity index is 1.56. The highest BCUT2D eigenvalue weighted by atomic mass is 16.5. The molecule has 2 saturated heterocycles. The molecule has 0 unspecified atom stereocenters. The summed E-state index contributed by atoms with van der Waals surface area (Å²) in [5, 5.41) is 8.84. The molecule has 6 heteroatoms. The van der Waals surface area contributed by atoms with Crippen LogP contribution in [0.1, 0.15) is 32.3 Å². The van der Waals surface area contributed by atoms with Gasteiger partial charge in [-0.05, 0) is 38.8 Å². The number of aromatic nitrogens is 1. The molecule has 2 fully saturated rings. The quantitative estimate of drug-likeness (QED) is 0.828. The van der Waals surface area contributed by atoms with Gasteiger partial charge in [-0.3, -0.25) is 4.79 Å². The minimum atomic E-state index is 0.0946. The Kier molecular flexibility index (Phi) is 5.00. The normalized spacial score (nSPS) is 25.4. The van der Waals surface area contributed by atoms with Crippen LogP contribution in [-0.2, 0) is 9.53 Å². The minimum Gasteiger partial charge on any atom is -0.372 e. The maximum atomic E-state index is 12.8. The monoisotopic (exact) mass is 328 g/mol. The Morgan fingerprint density at radius 2 is 1.92 bits per heavy atom. The molecule has 3 heterocycles. The zero-order chi connectivity index (χ0) is 17.1. The van der Waals surface area contributed by atoms with Crippen LogP contribution in [0.25, 0.3) is 0 Å². The predicted molar refractivity (Wildman–Crippen MR) is 90.5 cm³/mol. The van der Waals surface area contributed by atoms with Gasteiger partial charge in [-0.25, -0.2) is 4.98 Å². The first-order chi connectivity index (χ1) is 11.6. The van der Waals surface area contributed by atoms with Gasteiger partial charge in [-0.1, -0.05) is 0 Å². The SMILES string of the molecule is C[C@@H]1CN(C(=O)C2CCN(c3ccc(C#N)cn3)CC2)C[C@@H](C)O1. The summed E-state index contributed by atoms with van der Waals surface area (Å²) in [6.45, 7) is 7.08. The number of piperidine rings is 1. The molecular formula is C18H24N4O2. The summed E-state index contributed by atoms with van der Waals surface area (Å²) in [5.41, 5.74) is 0.569. The lowest BCUT2D eigenvalue weighted by Crippen LogP contribution is -2.51. The number of carbonyl (C=O) groups excluding carboxylic acids is 1. The van der Waals surface area contributed by atoms with Crippen molar-refractivity contribution in [2.75, 3.05) is 31.1 Å². The fraction of sp³-hybridized carbons (Fsp3) is 0.611. The van der Waals surface area contributed by atoms with Crippen molar-refractivity contribution in [3.63, 3.8) is 0 Å². The van der Waals surface area contributed by atoms with Gasteiger partial charge >= 0.3 is 0 Å². The third-order valence-electron chi connectivity index (χ3n) is 4.78. The van der Waals surface area contributed by atoms with E-state index in [0.717, 1.165) is 31.7 Å². The molecule has 0 aromatic carbocycles. The summed E-state index contributed by atoms with van der Waals surface area (Å²) >= 11 is 0. The van der Waals surface area contributed by atoms with Crippen LogP contribution in [0.3, 0.4) is 0 Å². The van der Waals surface area contributed by atoms with Gasteiger partial charge in [0.05, 0.1) is 17.8 Å². The van der Waals surface area contributed by atoms with E-state index in [9.17, 15) is 4.79 Å². The second-order valence-corrected chi connectivity index (χ2v) is 6.78. The zero-order valence-electron chi connectivity index (χ0n) is 14.3. The largest absolute Gasteiger partial charge is 0.372 e. The number of anilines is 1. The first kappa shape index (κ1) is 16.7. The van der Waals surface area contributed by atoms with Crippen molar-refractivity contribution < 1.29 is 9.53 Å². The van der Waals surface area contributed by atoms with E-state index < -0.39 is 0 Å². The molecule has 24 heavy (non-hydrogen) atoms. The average molecular weight is 328 g/mol. The predicted octanol–water partition coefficient (Wildman–Crippen LogP) is 1.81. The first-order valence-electron chi connectivity index (χ1n) is 8.62. The minimum absolute atomic E-state index is 0.0946. The van der Waals surface area contributed by atoms with Gasteiger partial charge in [0.2, 0.25) is 5.91 Å². The molecule has 0 radical (unpaired) electrons. The molecular weight excluding hydrogens is 304 g/mol. The number of morpholine rings is 1. The summed E-state index contributed by atoms with van der Waals surface area (Å²) in [5.74, 6) is 1.25. The standard InChI is InChI=1S/C18H24N4O2/c1-13-11-22(12-14(2)24-13)18(23)16-5-7-21(8-6-16)17-4-3-15(9-19)10-20-17/h3-4,10,13-14,16H,5-8,11-12H2,1-2H3/t13-,14-/m1/s1. The number of amides is 1. The second kappa shape index (κ2) is 7.18. The molecule has 0 aliphatic carbocycles. The summed E-state index contributed by atoms with van der Waals surface area (Å²) in [7, 11) is 0. The van der Waals surface area contributed by atoms with Crippen LogP contribution in [0.2, 0.25) is 0 Å². The molecule has 0 bridgehead atoms. The molecule has 128 valence electrons. The highest BCUT2D eigenvalue weighted by Crippen LogP contribution is 2.25. The molecule has 1 aromatic heterocycles. The van der Waals surface area contributed by atoms with Crippen LogP contribution in [-0.4, -0.2) is 54.2 Å². The zero-order valence-corrected chi connectivity index (χ0v) is 14.3. The lowest BCUT2D eigenvalue weighted by Gasteiger charge is -2.39. The average Bonchev–Trinajstić information content (AvgIpc) is 2.60. The summed E-state index contributed by atoms with van der Waals surface area (Å²) in [6.07, 6.45) is 3.52. The van der Waals surface area contributed by atoms with E-state index >= 15 is 0 Å². The Morgan fingerprint density at radius 1 is 1.25 bits per heavy atom. The topological polar surface area (TPSA) is 69.5 Å². The van der Waals surface area contributed by atoms with Gasteiger partial charge in [-0.2, -0.15) is 5.26 Å². The van der Waals surface area contributed by atoms with E-state index in [1.165, 1.54) is 0 Å². The van der Waals surface area contributed by atoms with E-state index in [4.69, 9.17) is 10.00 Å². The van der Waals surface area contributed by atoms with Gasteiger partial charge < -0.3 is 14.5 Å². The number of hydrogen-bond donors (Lipinski definition) is 0.